The predicted molar refractivity (Wildman–Crippen MR) is 162 cm³/mol. The second-order valence-corrected chi connectivity index (χ2v) is 12.7. The Morgan fingerprint density at radius 3 is 2.28 bits per heavy atom. The van der Waals surface area contributed by atoms with Crippen LogP contribution in [0, 0.1) is 23.2 Å². The molecule has 1 aromatic rings. The predicted octanol–water partition coefficient (Wildman–Crippen LogP) is 2.71. The van der Waals surface area contributed by atoms with Gasteiger partial charge in [-0.1, -0.05) is 50.3 Å². The van der Waals surface area contributed by atoms with Gasteiger partial charge in [0.1, 0.15) is 12.1 Å². The highest BCUT2D eigenvalue weighted by Crippen LogP contribution is 2.65. The van der Waals surface area contributed by atoms with Gasteiger partial charge < -0.3 is 25.6 Å². The van der Waals surface area contributed by atoms with Gasteiger partial charge in [0, 0.05) is 13.1 Å². The quantitative estimate of drug-likeness (QED) is 0.238. The van der Waals surface area contributed by atoms with Crippen LogP contribution in [0.2, 0.25) is 0 Å². The number of hydrogen-bond donors (Lipinski definition) is 3. The Kier molecular flexibility index (Phi) is 9.77. The van der Waals surface area contributed by atoms with Gasteiger partial charge >= 0.3 is 6.09 Å². The number of alkyl carbamates (subject to hydrolysis) is 1. The standard InChI is InChI=1S/C33H44N4O6/c1-7-9-14-24(28(38)30(40)34-15-8-2)35-29(39)27-25-23(33(25,5)6)18-37(27)31(41)26(36-32(42)43-19(3)4)22-16-20-12-10-11-13-21(20)17-22/h7-8,10-13,19,22-27H,1-2,9,14-18H2,3-6H3,(H,34,40)(H,35,39)(H,36,42)/t23?,24?,25?,26?,27-/m0/s1. The fourth-order valence-electron chi connectivity index (χ4n) is 6.80. The van der Waals surface area contributed by atoms with Gasteiger partial charge in [0.05, 0.1) is 12.1 Å². The summed E-state index contributed by atoms with van der Waals surface area (Å²) in [5.41, 5.74) is 2.08. The minimum Gasteiger partial charge on any atom is -0.447 e. The van der Waals surface area contributed by atoms with Gasteiger partial charge in [-0.05, 0) is 73.8 Å². The molecule has 4 unspecified atom stereocenters. The number of rotatable bonds is 13. The number of piperidine rings is 1. The highest BCUT2D eigenvalue weighted by molar-refractivity contribution is 6.38. The van der Waals surface area contributed by atoms with E-state index in [1.54, 1.807) is 24.8 Å². The third-order valence-corrected chi connectivity index (χ3v) is 9.12. The van der Waals surface area contributed by atoms with Crippen LogP contribution >= 0.6 is 0 Å². The van der Waals surface area contributed by atoms with E-state index in [9.17, 15) is 24.0 Å². The molecular formula is C33H44N4O6. The number of hydrogen-bond acceptors (Lipinski definition) is 6. The molecule has 4 amide bonds. The number of fused-ring (bicyclic) bond motifs is 2. The monoisotopic (exact) mass is 592 g/mol. The lowest BCUT2D eigenvalue weighted by atomic mass is 9.93. The smallest absolute Gasteiger partial charge is 0.408 e. The van der Waals surface area contributed by atoms with Crippen molar-refractivity contribution in [2.75, 3.05) is 13.1 Å². The first-order chi connectivity index (χ1) is 20.4. The van der Waals surface area contributed by atoms with Gasteiger partial charge in [-0.3, -0.25) is 19.2 Å². The maximum atomic E-state index is 14.3. The number of carbonyl (C=O) groups excluding carboxylic acids is 5. The summed E-state index contributed by atoms with van der Waals surface area (Å²) in [4.78, 5) is 68.1. The van der Waals surface area contributed by atoms with Gasteiger partial charge in [0.25, 0.3) is 5.91 Å². The van der Waals surface area contributed by atoms with E-state index in [1.807, 2.05) is 24.3 Å². The van der Waals surface area contributed by atoms with Gasteiger partial charge in [-0.25, -0.2) is 4.79 Å². The second kappa shape index (κ2) is 13.1. The van der Waals surface area contributed by atoms with Gasteiger partial charge in [-0.2, -0.15) is 0 Å². The van der Waals surface area contributed by atoms with Crippen LogP contribution in [-0.2, 0) is 36.8 Å². The maximum absolute atomic E-state index is 14.3. The third-order valence-electron chi connectivity index (χ3n) is 9.12. The SMILES string of the molecule is C=CCCC(NC(=O)[C@@H]1C2C(CN1C(=O)C(NC(=O)OC(C)C)C1Cc3ccccc3C1)C2(C)C)C(=O)C(=O)NCC=C. The number of benzene rings is 1. The molecule has 1 aromatic carbocycles. The van der Waals surface area contributed by atoms with E-state index in [0.717, 1.165) is 11.1 Å². The van der Waals surface area contributed by atoms with Gasteiger partial charge in [-0.15, -0.1) is 13.2 Å². The minimum atomic E-state index is -1.08. The molecule has 0 bridgehead atoms. The number of Topliss-reactive ketones (excluding diaryl/α,β-unsaturated/α-hetero) is 1. The maximum Gasteiger partial charge on any atom is 0.408 e. The van der Waals surface area contributed by atoms with Crippen molar-refractivity contribution in [1.82, 2.24) is 20.9 Å². The molecule has 3 N–H and O–H groups in total. The van der Waals surface area contributed by atoms with E-state index < -0.39 is 41.8 Å². The summed E-state index contributed by atoms with van der Waals surface area (Å²) in [6.45, 7) is 15.3. The molecule has 2 aliphatic carbocycles. The highest BCUT2D eigenvalue weighted by Gasteiger charge is 2.69. The van der Waals surface area contributed by atoms with Crippen LogP contribution in [0.5, 0.6) is 0 Å². The minimum absolute atomic E-state index is 0.0921. The van der Waals surface area contributed by atoms with E-state index in [1.165, 1.54) is 6.08 Å². The van der Waals surface area contributed by atoms with Crippen LogP contribution in [0.1, 0.15) is 51.7 Å². The Morgan fingerprint density at radius 2 is 1.70 bits per heavy atom. The summed E-state index contributed by atoms with van der Waals surface area (Å²) in [7, 11) is 0. The molecule has 10 nitrogen and oxygen atoms in total. The lowest BCUT2D eigenvalue weighted by Gasteiger charge is -2.35. The van der Waals surface area contributed by atoms with Crippen LogP contribution in [0.4, 0.5) is 4.79 Å². The Balaban J connectivity index is 1.58. The number of nitrogens with zero attached hydrogens (tertiary/aromatic N) is 1. The lowest BCUT2D eigenvalue weighted by molar-refractivity contribution is -0.144. The normalized spacial score (nSPS) is 22.9. The van der Waals surface area contributed by atoms with E-state index in [-0.39, 0.29) is 48.1 Å². The first-order valence-electron chi connectivity index (χ1n) is 15.1. The van der Waals surface area contributed by atoms with E-state index in [0.29, 0.717) is 25.8 Å². The number of likely N-dealkylation sites (tertiary alicyclic amines) is 1. The van der Waals surface area contributed by atoms with Crippen molar-refractivity contribution in [2.24, 2.45) is 23.2 Å². The van der Waals surface area contributed by atoms with Crippen LogP contribution < -0.4 is 16.0 Å². The van der Waals surface area contributed by atoms with Crippen molar-refractivity contribution in [3.05, 3.63) is 60.7 Å². The number of allylic oxidation sites excluding steroid dienone is 1. The molecular weight excluding hydrogens is 548 g/mol. The molecule has 10 heteroatoms. The van der Waals surface area contributed by atoms with Crippen LogP contribution in [-0.4, -0.2) is 71.8 Å². The van der Waals surface area contributed by atoms with Crippen LogP contribution in [0.15, 0.2) is 49.6 Å². The molecule has 232 valence electrons. The molecule has 1 saturated carbocycles. The van der Waals surface area contributed by atoms with Crippen molar-refractivity contribution in [3.63, 3.8) is 0 Å². The molecule has 1 heterocycles. The Bertz CT molecular complexity index is 1260. The number of ketones is 1. The fourth-order valence-corrected chi connectivity index (χ4v) is 6.80. The molecule has 0 spiro atoms. The molecule has 4 rings (SSSR count). The highest BCUT2D eigenvalue weighted by atomic mass is 16.6. The largest absolute Gasteiger partial charge is 0.447 e. The summed E-state index contributed by atoms with van der Waals surface area (Å²) >= 11 is 0. The summed E-state index contributed by atoms with van der Waals surface area (Å²) in [5, 5.41) is 8.09. The molecule has 0 radical (unpaired) electrons. The Hall–Kier alpha value is -3.95. The summed E-state index contributed by atoms with van der Waals surface area (Å²) in [5.74, 6) is -2.65. The van der Waals surface area contributed by atoms with E-state index >= 15 is 0 Å². The molecule has 1 saturated heterocycles. The topological polar surface area (TPSA) is 134 Å². The number of carbonyl (C=O) groups is 5. The number of ether oxygens (including phenoxy) is 1. The number of nitrogens with one attached hydrogen (secondary N) is 3. The first-order valence-corrected chi connectivity index (χ1v) is 15.1. The van der Waals surface area contributed by atoms with Crippen molar-refractivity contribution in [3.8, 4) is 0 Å². The molecule has 43 heavy (non-hydrogen) atoms. The summed E-state index contributed by atoms with van der Waals surface area (Å²) < 4.78 is 5.34. The first kappa shape index (κ1) is 32.0. The number of amides is 4. The molecule has 0 aromatic heterocycles. The zero-order chi connectivity index (χ0) is 31.5. The van der Waals surface area contributed by atoms with E-state index in [2.05, 4.69) is 43.0 Å². The van der Waals surface area contributed by atoms with Gasteiger partial charge in [0.15, 0.2) is 0 Å². The second-order valence-electron chi connectivity index (χ2n) is 12.7. The Morgan fingerprint density at radius 1 is 1.05 bits per heavy atom. The van der Waals surface area contributed by atoms with Crippen LogP contribution in [0.3, 0.4) is 0 Å². The van der Waals surface area contributed by atoms with Crippen molar-refractivity contribution < 1.29 is 28.7 Å². The Labute approximate surface area is 253 Å². The van der Waals surface area contributed by atoms with E-state index in [4.69, 9.17) is 4.74 Å². The average Bonchev–Trinajstić information content (AvgIpc) is 3.33. The summed E-state index contributed by atoms with van der Waals surface area (Å²) in [6, 6.07) is 5.13. The lowest BCUT2D eigenvalue weighted by Crippen LogP contribution is -2.59. The summed E-state index contributed by atoms with van der Waals surface area (Å²) in [6.07, 6.45) is 3.84. The average molecular weight is 593 g/mol. The molecule has 3 aliphatic rings. The third kappa shape index (κ3) is 6.84. The van der Waals surface area contributed by atoms with Crippen molar-refractivity contribution >= 4 is 29.6 Å². The molecule has 5 atom stereocenters. The fraction of sp³-hybridized carbons (Fsp3) is 0.545. The zero-order valence-electron chi connectivity index (χ0n) is 25.6. The van der Waals surface area contributed by atoms with Gasteiger partial charge in [0.2, 0.25) is 17.6 Å². The molecule has 2 fully saturated rings. The van der Waals surface area contributed by atoms with Crippen LogP contribution in [0.25, 0.3) is 0 Å². The molecule has 1 aliphatic heterocycles. The van der Waals surface area contributed by atoms with Crippen molar-refractivity contribution in [1.29, 1.82) is 0 Å². The van der Waals surface area contributed by atoms with Crippen molar-refractivity contribution in [2.45, 2.75) is 77.6 Å². The zero-order valence-corrected chi connectivity index (χ0v) is 25.6.